The number of fused-ring (bicyclic) bond motifs is 1. The quantitative estimate of drug-likeness (QED) is 0.540. The highest BCUT2D eigenvalue weighted by atomic mass is 32.1. The van der Waals surface area contributed by atoms with Gasteiger partial charge in [-0.25, -0.2) is 9.97 Å². The topological polar surface area (TPSA) is 99.2 Å². The lowest BCUT2D eigenvalue weighted by Crippen LogP contribution is -2.34. The van der Waals surface area contributed by atoms with E-state index in [0.29, 0.717) is 36.5 Å². The molecule has 36 heavy (non-hydrogen) atoms. The van der Waals surface area contributed by atoms with Crippen molar-refractivity contribution < 1.29 is 9.53 Å². The van der Waals surface area contributed by atoms with Crippen molar-refractivity contribution in [3.8, 4) is 17.3 Å². The van der Waals surface area contributed by atoms with Crippen LogP contribution in [0.4, 0.5) is 0 Å². The maximum absolute atomic E-state index is 13.2. The minimum atomic E-state index is -0.464. The number of carbonyl (C=O) groups is 1. The summed E-state index contributed by atoms with van der Waals surface area (Å²) in [6.45, 7) is 7.75. The van der Waals surface area contributed by atoms with Gasteiger partial charge in [-0.05, 0) is 44.4 Å². The van der Waals surface area contributed by atoms with E-state index >= 15 is 0 Å². The first-order valence-corrected chi connectivity index (χ1v) is 13.8. The second-order valence-electron chi connectivity index (χ2n) is 11.6. The Kier molecular flexibility index (Phi) is 5.50. The zero-order chi connectivity index (χ0) is 25.2. The number of aryl methyl sites for hydroxylation is 1. The number of ether oxygens (including phenoxy) is 1. The van der Waals surface area contributed by atoms with Crippen LogP contribution >= 0.6 is 11.3 Å². The SMILES string of the molecule is Cn1nc(-c2cscn2)cc1C(=O)N1C[C@@H]2[C@H](C1)[C@@H]2Oc1cc(C(C)(C)N)cc(C2(C)CCCC2)n1. The van der Waals surface area contributed by atoms with Crippen LogP contribution in [0.25, 0.3) is 11.4 Å². The molecule has 9 heteroatoms. The summed E-state index contributed by atoms with van der Waals surface area (Å²) in [6, 6.07) is 6.03. The van der Waals surface area contributed by atoms with Crippen LogP contribution in [0, 0.1) is 11.8 Å². The van der Waals surface area contributed by atoms with Crippen LogP contribution in [0.1, 0.15) is 68.2 Å². The van der Waals surface area contributed by atoms with Gasteiger partial charge in [0.2, 0.25) is 5.88 Å². The predicted octanol–water partition coefficient (Wildman–Crippen LogP) is 4.11. The molecule has 3 aliphatic rings. The molecule has 1 aliphatic heterocycles. The van der Waals surface area contributed by atoms with Crippen molar-refractivity contribution >= 4 is 17.2 Å². The molecule has 6 rings (SSSR count). The van der Waals surface area contributed by atoms with Crippen LogP contribution in [0.5, 0.6) is 5.88 Å². The third-order valence-corrected chi connectivity index (χ3v) is 8.91. The van der Waals surface area contributed by atoms with Gasteiger partial charge in [0.15, 0.2) is 0 Å². The summed E-state index contributed by atoms with van der Waals surface area (Å²) in [6.07, 6.45) is 4.88. The Bertz CT molecular complexity index is 1280. The van der Waals surface area contributed by atoms with Crippen LogP contribution in [-0.2, 0) is 18.0 Å². The van der Waals surface area contributed by atoms with Crippen molar-refractivity contribution in [2.45, 2.75) is 63.5 Å². The zero-order valence-corrected chi connectivity index (χ0v) is 22.2. The Balaban J connectivity index is 1.15. The number of hydrogen-bond acceptors (Lipinski definition) is 7. The van der Waals surface area contributed by atoms with Gasteiger partial charge in [-0.3, -0.25) is 9.48 Å². The molecule has 3 aromatic heterocycles. The summed E-state index contributed by atoms with van der Waals surface area (Å²) in [4.78, 5) is 24.5. The number of hydrogen-bond donors (Lipinski definition) is 1. The summed E-state index contributed by atoms with van der Waals surface area (Å²) in [5.41, 5.74) is 12.2. The molecule has 3 fully saturated rings. The second kappa shape index (κ2) is 8.38. The van der Waals surface area contributed by atoms with Crippen LogP contribution in [0.3, 0.4) is 0 Å². The third kappa shape index (κ3) is 4.12. The number of likely N-dealkylation sites (tertiary alicyclic amines) is 1. The molecule has 0 radical (unpaired) electrons. The minimum absolute atomic E-state index is 0.0128. The zero-order valence-electron chi connectivity index (χ0n) is 21.4. The first kappa shape index (κ1) is 23.6. The summed E-state index contributed by atoms with van der Waals surface area (Å²) >= 11 is 1.52. The van der Waals surface area contributed by atoms with Gasteiger partial charge in [-0.15, -0.1) is 11.3 Å². The average molecular weight is 507 g/mol. The van der Waals surface area contributed by atoms with Crippen LogP contribution in [-0.4, -0.2) is 49.7 Å². The minimum Gasteiger partial charge on any atom is -0.474 e. The number of piperidine rings is 1. The van der Waals surface area contributed by atoms with Crippen molar-refractivity contribution in [3.63, 3.8) is 0 Å². The highest BCUT2D eigenvalue weighted by Gasteiger charge is 2.59. The lowest BCUT2D eigenvalue weighted by atomic mass is 9.82. The van der Waals surface area contributed by atoms with E-state index in [9.17, 15) is 4.79 Å². The maximum Gasteiger partial charge on any atom is 0.272 e. The molecule has 3 atom stereocenters. The highest BCUT2D eigenvalue weighted by Crippen LogP contribution is 2.49. The van der Waals surface area contributed by atoms with Crippen LogP contribution in [0.2, 0.25) is 0 Å². The molecule has 0 unspecified atom stereocenters. The second-order valence-corrected chi connectivity index (χ2v) is 12.3. The molecule has 0 bridgehead atoms. The van der Waals surface area contributed by atoms with Gasteiger partial charge < -0.3 is 15.4 Å². The fraction of sp³-hybridized carbons (Fsp3) is 0.556. The molecule has 2 saturated carbocycles. The van der Waals surface area contributed by atoms with E-state index in [1.165, 1.54) is 24.2 Å². The third-order valence-electron chi connectivity index (χ3n) is 8.32. The van der Waals surface area contributed by atoms with E-state index in [1.54, 1.807) is 10.2 Å². The van der Waals surface area contributed by atoms with Gasteiger partial charge in [0.1, 0.15) is 23.2 Å². The number of nitrogens with zero attached hydrogens (tertiary/aromatic N) is 5. The van der Waals surface area contributed by atoms with Crippen LogP contribution in [0.15, 0.2) is 29.1 Å². The fourth-order valence-electron chi connectivity index (χ4n) is 5.90. The van der Waals surface area contributed by atoms with E-state index in [2.05, 4.69) is 23.1 Å². The normalized spacial score (nSPS) is 24.7. The average Bonchev–Trinajstić information content (AvgIpc) is 3.46. The Labute approximate surface area is 215 Å². The molecule has 4 heterocycles. The number of pyridine rings is 1. The summed E-state index contributed by atoms with van der Waals surface area (Å²) in [5.74, 6) is 1.36. The standard InChI is InChI=1S/C27H34N6O2S/c1-26(2,28)16-9-22(27(3)7-5-6-8-27)30-23(10-16)35-24-17-12-33(13-18(17)24)25(34)21-11-19(31-32(21)4)20-14-36-15-29-20/h9-11,14-15,17-18,24H,5-8,12-13,28H2,1-4H3/t17-,18+,24-. The Hall–Kier alpha value is -2.78. The summed E-state index contributed by atoms with van der Waals surface area (Å²) in [5, 5.41) is 6.43. The smallest absolute Gasteiger partial charge is 0.272 e. The van der Waals surface area contributed by atoms with Crippen LogP contribution < -0.4 is 10.5 Å². The van der Waals surface area contributed by atoms with E-state index in [4.69, 9.17) is 15.5 Å². The van der Waals surface area contributed by atoms with E-state index in [-0.39, 0.29) is 17.4 Å². The predicted molar refractivity (Wildman–Crippen MR) is 139 cm³/mol. The highest BCUT2D eigenvalue weighted by molar-refractivity contribution is 7.07. The Morgan fingerprint density at radius 2 is 1.89 bits per heavy atom. The Morgan fingerprint density at radius 1 is 1.17 bits per heavy atom. The van der Waals surface area contributed by atoms with E-state index < -0.39 is 5.54 Å². The van der Waals surface area contributed by atoms with Gasteiger partial charge in [-0.2, -0.15) is 5.10 Å². The van der Waals surface area contributed by atoms with Crippen molar-refractivity contribution in [2.24, 2.45) is 24.6 Å². The lowest BCUT2D eigenvalue weighted by molar-refractivity contribution is 0.0740. The van der Waals surface area contributed by atoms with Crippen molar-refractivity contribution in [1.82, 2.24) is 24.6 Å². The fourth-order valence-corrected chi connectivity index (χ4v) is 6.45. The number of aromatic nitrogens is 4. The molecule has 0 spiro atoms. The number of amides is 1. The van der Waals surface area contributed by atoms with E-state index in [0.717, 1.165) is 35.5 Å². The van der Waals surface area contributed by atoms with Crippen molar-refractivity contribution in [1.29, 1.82) is 0 Å². The molecule has 3 aromatic rings. The molecule has 0 aromatic carbocycles. The van der Waals surface area contributed by atoms with Gasteiger partial charge in [0.25, 0.3) is 5.91 Å². The lowest BCUT2D eigenvalue weighted by Gasteiger charge is -2.27. The number of nitrogens with two attached hydrogens (primary N) is 1. The van der Waals surface area contributed by atoms with Gasteiger partial charge >= 0.3 is 0 Å². The molecule has 2 N–H and O–H groups in total. The summed E-state index contributed by atoms with van der Waals surface area (Å²) < 4.78 is 8.11. The Morgan fingerprint density at radius 3 is 2.53 bits per heavy atom. The first-order valence-electron chi connectivity index (χ1n) is 12.8. The monoisotopic (exact) mass is 506 g/mol. The number of thiazole rings is 1. The molecule has 8 nitrogen and oxygen atoms in total. The molecular weight excluding hydrogens is 472 g/mol. The molecule has 2 aliphatic carbocycles. The van der Waals surface area contributed by atoms with Crippen molar-refractivity contribution in [2.75, 3.05) is 13.1 Å². The van der Waals surface area contributed by atoms with Gasteiger partial charge in [0, 0.05) is 54.4 Å². The van der Waals surface area contributed by atoms with Gasteiger partial charge in [0.05, 0.1) is 11.2 Å². The number of carbonyl (C=O) groups excluding carboxylic acids is 1. The van der Waals surface area contributed by atoms with E-state index in [1.807, 2.05) is 43.3 Å². The van der Waals surface area contributed by atoms with Gasteiger partial charge in [-0.1, -0.05) is 19.8 Å². The maximum atomic E-state index is 13.2. The molecular formula is C27H34N6O2S. The van der Waals surface area contributed by atoms with Crippen molar-refractivity contribution in [3.05, 3.63) is 46.0 Å². The first-order chi connectivity index (χ1) is 17.1. The molecule has 1 saturated heterocycles. The largest absolute Gasteiger partial charge is 0.474 e. The number of rotatable bonds is 6. The summed E-state index contributed by atoms with van der Waals surface area (Å²) in [7, 11) is 1.81. The molecule has 190 valence electrons. The molecule has 1 amide bonds.